The SMILES string of the molecule is Cc1nc(C)c(-c2n[nH]c(=S)n2C(C)(C)C)s1. The minimum absolute atomic E-state index is 0.0935. The fourth-order valence-corrected chi connectivity index (χ4v) is 3.12. The number of aromatic nitrogens is 4. The molecule has 2 heterocycles. The van der Waals surface area contributed by atoms with Gasteiger partial charge in [-0.1, -0.05) is 0 Å². The predicted octanol–water partition coefficient (Wildman–Crippen LogP) is 3.44. The molecule has 4 nitrogen and oxygen atoms in total. The maximum Gasteiger partial charge on any atom is 0.195 e. The van der Waals surface area contributed by atoms with E-state index in [-0.39, 0.29) is 5.54 Å². The van der Waals surface area contributed by atoms with Crippen molar-refractivity contribution in [2.45, 2.75) is 40.2 Å². The fourth-order valence-electron chi connectivity index (χ4n) is 1.81. The lowest BCUT2D eigenvalue weighted by atomic mass is 10.1. The lowest BCUT2D eigenvalue weighted by Gasteiger charge is -2.22. The molecule has 2 aromatic rings. The summed E-state index contributed by atoms with van der Waals surface area (Å²) in [5.74, 6) is 0.880. The average Bonchev–Trinajstić information content (AvgIpc) is 2.68. The van der Waals surface area contributed by atoms with E-state index in [1.165, 1.54) is 0 Å². The number of nitrogens with one attached hydrogen (secondary N) is 1. The fraction of sp³-hybridized carbons (Fsp3) is 0.545. The zero-order valence-corrected chi connectivity index (χ0v) is 12.3. The van der Waals surface area contributed by atoms with Crippen molar-refractivity contribution in [2.24, 2.45) is 0 Å². The summed E-state index contributed by atoms with van der Waals surface area (Å²) in [6.07, 6.45) is 0. The van der Waals surface area contributed by atoms with Crippen molar-refractivity contribution in [3.8, 4) is 10.7 Å². The van der Waals surface area contributed by atoms with Crippen molar-refractivity contribution in [1.82, 2.24) is 19.7 Å². The Morgan fingerprint density at radius 3 is 2.41 bits per heavy atom. The van der Waals surface area contributed by atoms with Crippen LogP contribution in [-0.4, -0.2) is 19.7 Å². The van der Waals surface area contributed by atoms with Crippen LogP contribution in [0.4, 0.5) is 0 Å². The monoisotopic (exact) mass is 268 g/mol. The van der Waals surface area contributed by atoms with Gasteiger partial charge in [0.25, 0.3) is 0 Å². The summed E-state index contributed by atoms with van der Waals surface area (Å²) in [4.78, 5) is 5.52. The molecule has 92 valence electrons. The second kappa shape index (κ2) is 4.03. The van der Waals surface area contributed by atoms with Crippen LogP contribution in [0.15, 0.2) is 0 Å². The summed E-state index contributed by atoms with van der Waals surface area (Å²) in [5.41, 5.74) is 0.913. The molecule has 0 amide bonds. The zero-order chi connectivity index (χ0) is 12.8. The van der Waals surface area contributed by atoms with Crippen molar-refractivity contribution in [2.75, 3.05) is 0 Å². The topological polar surface area (TPSA) is 46.5 Å². The van der Waals surface area contributed by atoms with E-state index in [4.69, 9.17) is 12.2 Å². The second-order valence-corrected chi connectivity index (χ2v) is 6.60. The lowest BCUT2D eigenvalue weighted by Crippen LogP contribution is -2.22. The molecule has 6 heteroatoms. The standard InChI is InChI=1S/C11H16N4S2/c1-6-8(17-7(2)12-6)9-13-14-10(16)15(9)11(3,4)5/h1-5H3,(H,14,16). The van der Waals surface area contributed by atoms with Gasteiger partial charge in [-0.05, 0) is 46.8 Å². The number of aromatic amines is 1. The first-order valence-electron chi connectivity index (χ1n) is 5.43. The van der Waals surface area contributed by atoms with Crippen LogP contribution in [0.1, 0.15) is 31.5 Å². The van der Waals surface area contributed by atoms with E-state index in [1.54, 1.807) is 11.3 Å². The van der Waals surface area contributed by atoms with Gasteiger partial charge in [0, 0.05) is 5.54 Å². The van der Waals surface area contributed by atoms with Gasteiger partial charge in [-0.25, -0.2) is 4.98 Å². The first-order chi connectivity index (χ1) is 7.80. The smallest absolute Gasteiger partial charge is 0.195 e. The Balaban J connectivity index is 2.70. The van der Waals surface area contributed by atoms with Gasteiger partial charge in [-0.3, -0.25) is 9.67 Å². The molecule has 0 aliphatic heterocycles. The number of aryl methyl sites for hydroxylation is 2. The molecule has 0 fully saturated rings. The highest BCUT2D eigenvalue weighted by Crippen LogP contribution is 2.31. The van der Waals surface area contributed by atoms with E-state index in [0.29, 0.717) is 4.77 Å². The van der Waals surface area contributed by atoms with Crippen molar-refractivity contribution in [1.29, 1.82) is 0 Å². The Kier molecular flexibility index (Phi) is 2.95. The second-order valence-electron chi connectivity index (χ2n) is 5.01. The summed E-state index contributed by atoms with van der Waals surface area (Å²) >= 11 is 6.95. The van der Waals surface area contributed by atoms with Gasteiger partial charge in [0.15, 0.2) is 10.6 Å². The molecular formula is C11H16N4S2. The van der Waals surface area contributed by atoms with Crippen molar-refractivity contribution in [3.05, 3.63) is 15.5 Å². The Labute approximate surface area is 110 Å². The number of nitrogens with zero attached hydrogens (tertiary/aromatic N) is 3. The Morgan fingerprint density at radius 1 is 1.29 bits per heavy atom. The molecule has 0 saturated heterocycles. The molecule has 0 aliphatic rings. The third-order valence-corrected chi connectivity index (χ3v) is 3.79. The summed E-state index contributed by atoms with van der Waals surface area (Å²) in [5, 5.41) is 8.26. The van der Waals surface area contributed by atoms with E-state index in [1.807, 2.05) is 18.4 Å². The van der Waals surface area contributed by atoms with Gasteiger partial charge in [0.2, 0.25) is 0 Å². The molecule has 2 rings (SSSR count). The van der Waals surface area contributed by atoms with Crippen molar-refractivity contribution < 1.29 is 0 Å². The minimum atomic E-state index is -0.0935. The van der Waals surface area contributed by atoms with Crippen LogP contribution in [0.3, 0.4) is 0 Å². The normalized spacial score (nSPS) is 12.1. The molecule has 0 aliphatic carbocycles. The first kappa shape index (κ1) is 12.4. The number of thiazole rings is 1. The third-order valence-electron chi connectivity index (χ3n) is 2.45. The molecule has 17 heavy (non-hydrogen) atoms. The molecule has 0 radical (unpaired) electrons. The molecule has 0 bridgehead atoms. The van der Waals surface area contributed by atoms with Crippen LogP contribution in [0.2, 0.25) is 0 Å². The van der Waals surface area contributed by atoms with E-state index < -0.39 is 0 Å². The van der Waals surface area contributed by atoms with Crippen LogP contribution in [-0.2, 0) is 5.54 Å². The summed E-state index contributed by atoms with van der Waals surface area (Å²) in [7, 11) is 0. The Bertz CT molecular complexity index is 598. The summed E-state index contributed by atoms with van der Waals surface area (Å²) < 4.78 is 2.69. The highest BCUT2D eigenvalue weighted by atomic mass is 32.1. The van der Waals surface area contributed by atoms with Crippen LogP contribution in [0, 0.1) is 18.6 Å². The number of rotatable bonds is 1. The zero-order valence-electron chi connectivity index (χ0n) is 10.7. The van der Waals surface area contributed by atoms with Crippen LogP contribution in [0.25, 0.3) is 10.7 Å². The Morgan fingerprint density at radius 2 is 1.94 bits per heavy atom. The number of H-pyrrole nitrogens is 1. The van der Waals surface area contributed by atoms with Gasteiger partial charge in [0.05, 0.1) is 15.6 Å². The number of hydrogen-bond donors (Lipinski definition) is 1. The molecular weight excluding hydrogens is 252 g/mol. The van der Waals surface area contributed by atoms with E-state index in [2.05, 4.69) is 36.0 Å². The maximum atomic E-state index is 5.30. The highest BCUT2D eigenvalue weighted by Gasteiger charge is 2.22. The van der Waals surface area contributed by atoms with E-state index in [9.17, 15) is 0 Å². The van der Waals surface area contributed by atoms with E-state index in [0.717, 1.165) is 21.4 Å². The first-order valence-corrected chi connectivity index (χ1v) is 6.65. The van der Waals surface area contributed by atoms with Gasteiger partial charge in [-0.2, -0.15) is 5.10 Å². The minimum Gasteiger partial charge on any atom is -0.294 e. The molecule has 0 unspecified atom stereocenters. The quantitative estimate of drug-likeness (QED) is 0.806. The summed E-state index contributed by atoms with van der Waals surface area (Å²) in [6, 6.07) is 0. The predicted molar refractivity (Wildman–Crippen MR) is 73.0 cm³/mol. The molecule has 1 N–H and O–H groups in total. The highest BCUT2D eigenvalue weighted by molar-refractivity contribution is 7.71. The molecule has 2 aromatic heterocycles. The molecule has 0 atom stereocenters. The molecule has 0 aromatic carbocycles. The van der Waals surface area contributed by atoms with Crippen LogP contribution >= 0.6 is 23.6 Å². The Hall–Kier alpha value is -1.01. The van der Waals surface area contributed by atoms with Crippen molar-refractivity contribution in [3.63, 3.8) is 0 Å². The lowest BCUT2D eigenvalue weighted by molar-refractivity contribution is 0.395. The molecule has 0 spiro atoms. The summed E-state index contributed by atoms with van der Waals surface area (Å²) in [6.45, 7) is 10.4. The molecule has 0 saturated carbocycles. The largest absolute Gasteiger partial charge is 0.294 e. The van der Waals surface area contributed by atoms with Crippen LogP contribution < -0.4 is 0 Å². The van der Waals surface area contributed by atoms with Crippen LogP contribution in [0.5, 0.6) is 0 Å². The number of hydrogen-bond acceptors (Lipinski definition) is 4. The average molecular weight is 268 g/mol. The maximum absolute atomic E-state index is 5.30. The van der Waals surface area contributed by atoms with Gasteiger partial charge in [0.1, 0.15) is 0 Å². The van der Waals surface area contributed by atoms with Gasteiger partial charge in [-0.15, -0.1) is 11.3 Å². The third kappa shape index (κ3) is 2.19. The van der Waals surface area contributed by atoms with E-state index >= 15 is 0 Å². The van der Waals surface area contributed by atoms with Crippen molar-refractivity contribution >= 4 is 23.6 Å². The van der Waals surface area contributed by atoms with Gasteiger partial charge < -0.3 is 0 Å². The van der Waals surface area contributed by atoms with Gasteiger partial charge >= 0.3 is 0 Å².